The Morgan fingerprint density at radius 1 is 0.773 bits per heavy atom. The molecule has 118 valence electrons. The lowest BCUT2D eigenvalue weighted by Gasteiger charge is -2.24. The molecule has 2 N–H and O–H groups in total. The second kappa shape index (κ2) is 5.66. The van der Waals surface area contributed by atoms with E-state index in [1.807, 2.05) is 6.07 Å². The second-order valence-corrected chi connectivity index (χ2v) is 8.85. The molecule has 0 aliphatic heterocycles. The van der Waals surface area contributed by atoms with E-state index < -0.39 is 7.12 Å². The van der Waals surface area contributed by atoms with E-state index in [-0.39, 0.29) is 10.8 Å². The topological polar surface area (TPSA) is 40.5 Å². The van der Waals surface area contributed by atoms with Crippen LogP contribution >= 0.6 is 15.9 Å². The molecular formula is C18H24BBrO2. The minimum atomic E-state index is -1.48. The maximum Gasteiger partial charge on any atom is 0.489 e. The van der Waals surface area contributed by atoms with E-state index in [2.05, 4.69) is 75.7 Å². The molecule has 2 nitrogen and oxygen atoms in total. The summed E-state index contributed by atoms with van der Waals surface area (Å²) < 4.78 is 0.989. The van der Waals surface area contributed by atoms with Gasteiger partial charge < -0.3 is 10.0 Å². The van der Waals surface area contributed by atoms with Crippen molar-refractivity contribution >= 4 is 39.3 Å². The minimum absolute atomic E-state index is 0.00289. The Morgan fingerprint density at radius 3 is 1.68 bits per heavy atom. The fraction of sp³-hybridized carbons (Fsp3) is 0.444. The van der Waals surface area contributed by atoms with Crippen molar-refractivity contribution in [3.05, 3.63) is 39.9 Å². The zero-order valence-electron chi connectivity index (χ0n) is 14.2. The van der Waals surface area contributed by atoms with Crippen LogP contribution in [0.1, 0.15) is 52.7 Å². The van der Waals surface area contributed by atoms with Crippen molar-refractivity contribution < 1.29 is 10.0 Å². The summed E-state index contributed by atoms with van der Waals surface area (Å²) in [6.07, 6.45) is 0. The Hall–Kier alpha value is -0.835. The summed E-state index contributed by atoms with van der Waals surface area (Å²) in [5.41, 5.74) is 2.76. The molecule has 0 fully saturated rings. The Kier molecular flexibility index (Phi) is 4.51. The lowest BCUT2D eigenvalue weighted by atomic mass is 9.72. The normalized spacial score (nSPS) is 12.8. The monoisotopic (exact) mass is 362 g/mol. The summed E-state index contributed by atoms with van der Waals surface area (Å²) in [4.78, 5) is 0. The maximum absolute atomic E-state index is 9.84. The van der Waals surface area contributed by atoms with Crippen LogP contribution in [0.2, 0.25) is 0 Å². The van der Waals surface area contributed by atoms with Crippen LogP contribution in [0.3, 0.4) is 0 Å². The molecule has 2 aromatic carbocycles. The quantitative estimate of drug-likeness (QED) is 0.756. The number of benzene rings is 2. The molecule has 0 atom stereocenters. The molecule has 0 bridgehead atoms. The number of rotatable bonds is 1. The van der Waals surface area contributed by atoms with Crippen LogP contribution in [-0.4, -0.2) is 17.2 Å². The molecule has 0 aliphatic rings. The van der Waals surface area contributed by atoms with Crippen LogP contribution in [-0.2, 0) is 10.8 Å². The van der Waals surface area contributed by atoms with Crippen molar-refractivity contribution in [3.63, 3.8) is 0 Å². The van der Waals surface area contributed by atoms with Crippen LogP contribution in [0.4, 0.5) is 0 Å². The highest BCUT2D eigenvalue weighted by molar-refractivity contribution is 9.10. The van der Waals surface area contributed by atoms with Gasteiger partial charge in [-0.05, 0) is 50.3 Å². The van der Waals surface area contributed by atoms with Gasteiger partial charge in [-0.1, -0.05) is 69.6 Å². The molecule has 2 rings (SSSR count). The Balaban J connectivity index is 2.88. The van der Waals surface area contributed by atoms with Gasteiger partial charge in [0.25, 0.3) is 0 Å². The number of hydrogen-bond donors (Lipinski definition) is 2. The van der Waals surface area contributed by atoms with Crippen molar-refractivity contribution in [1.29, 1.82) is 0 Å². The first-order valence-electron chi connectivity index (χ1n) is 7.55. The van der Waals surface area contributed by atoms with Crippen LogP contribution in [0, 0.1) is 0 Å². The highest BCUT2D eigenvalue weighted by Gasteiger charge is 2.24. The molecule has 0 heterocycles. The number of halogens is 1. The average Bonchev–Trinajstić information content (AvgIpc) is 2.35. The first-order chi connectivity index (χ1) is 9.91. The van der Waals surface area contributed by atoms with E-state index in [4.69, 9.17) is 0 Å². The third kappa shape index (κ3) is 3.39. The summed E-state index contributed by atoms with van der Waals surface area (Å²) in [5.74, 6) is 0. The predicted octanol–water partition coefficient (Wildman–Crippen LogP) is 3.88. The van der Waals surface area contributed by atoms with Crippen LogP contribution in [0.15, 0.2) is 28.7 Å². The summed E-state index contributed by atoms with van der Waals surface area (Å²) >= 11 is 3.66. The first kappa shape index (κ1) is 17.5. The van der Waals surface area contributed by atoms with Crippen LogP contribution in [0.5, 0.6) is 0 Å². The lowest BCUT2D eigenvalue weighted by molar-refractivity contribution is 0.426. The Morgan fingerprint density at radius 2 is 1.23 bits per heavy atom. The minimum Gasteiger partial charge on any atom is -0.423 e. The standard InChI is InChI=1S/C18H24BBrO2/c1-17(2,3)11-8-14-13(15(9-11)19(21)22)7-12(10-16(14)20)18(4,5)6/h7-10,21-22H,1-6H3. The molecular weight excluding hydrogens is 339 g/mol. The van der Waals surface area contributed by atoms with Crippen LogP contribution < -0.4 is 5.46 Å². The van der Waals surface area contributed by atoms with E-state index in [9.17, 15) is 10.0 Å². The van der Waals surface area contributed by atoms with E-state index in [0.717, 1.165) is 26.4 Å². The molecule has 0 spiro atoms. The highest BCUT2D eigenvalue weighted by Crippen LogP contribution is 2.34. The van der Waals surface area contributed by atoms with Gasteiger partial charge in [-0.15, -0.1) is 0 Å². The highest BCUT2D eigenvalue weighted by atomic mass is 79.9. The van der Waals surface area contributed by atoms with Gasteiger partial charge in [-0.25, -0.2) is 0 Å². The zero-order chi connectivity index (χ0) is 16.9. The zero-order valence-corrected chi connectivity index (χ0v) is 15.7. The summed E-state index contributed by atoms with van der Waals surface area (Å²) in [7, 11) is -1.48. The van der Waals surface area contributed by atoms with Crippen molar-refractivity contribution in [3.8, 4) is 0 Å². The molecule has 22 heavy (non-hydrogen) atoms. The predicted molar refractivity (Wildman–Crippen MR) is 98.9 cm³/mol. The SMILES string of the molecule is CC(C)(C)c1cc(B(O)O)c2cc(C(C)(C)C)cc(Br)c2c1. The fourth-order valence-corrected chi connectivity index (χ4v) is 3.10. The third-order valence-corrected chi connectivity index (χ3v) is 4.72. The van der Waals surface area contributed by atoms with Crippen molar-refractivity contribution in [2.24, 2.45) is 0 Å². The molecule has 2 aromatic rings. The van der Waals surface area contributed by atoms with Gasteiger partial charge in [0.1, 0.15) is 0 Å². The van der Waals surface area contributed by atoms with E-state index >= 15 is 0 Å². The number of fused-ring (bicyclic) bond motifs is 1. The Labute approximate surface area is 141 Å². The van der Waals surface area contributed by atoms with Crippen molar-refractivity contribution in [1.82, 2.24) is 0 Å². The third-order valence-electron chi connectivity index (χ3n) is 4.06. The van der Waals surface area contributed by atoms with E-state index in [1.54, 1.807) is 0 Å². The van der Waals surface area contributed by atoms with Crippen LogP contribution in [0.25, 0.3) is 10.8 Å². The first-order valence-corrected chi connectivity index (χ1v) is 8.35. The van der Waals surface area contributed by atoms with E-state index in [0.29, 0.717) is 5.46 Å². The summed E-state index contributed by atoms with van der Waals surface area (Å²) in [5, 5.41) is 21.6. The maximum atomic E-state index is 9.84. The fourth-order valence-electron chi connectivity index (χ4n) is 2.53. The Bertz CT molecular complexity index is 710. The van der Waals surface area contributed by atoms with Crippen molar-refractivity contribution in [2.75, 3.05) is 0 Å². The van der Waals surface area contributed by atoms with Gasteiger partial charge in [0, 0.05) is 4.47 Å². The summed E-state index contributed by atoms with van der Waals surface area (Å²) in [6.45, 7) is 12.8. The average molecular weight is 363 g/mol. The molecule has 0 aliphatic carbocycles. The smallest absolute Gasteiger partial charge is 0.423 e. The second-order valence-electron chi connectivity index (χ2n) is 7.99. The largest absolute Gasteiger partial charge is 0.489 e. The molecule has 0 unspecified atom stereocenters. The molecule has 0 amide bonds. The molecule has 0 saturated heterocycles. The van der Waals surface area contributed by atoms with E-state index in [1.165, 1.54) is 0 Å². The van der Waals surface area contributed by atoms with Gasteiger partial charge in [-0.3, -0.25) is 0 Å². The van der Waals surface area contributed by atoms with Gasteiger partial charge in [0.15, 0.2) is 0 Å². The number of hydrogen-bond acceptors (Lipinski definition) is 2. The van der Waals surface area contributed by atoms with Gasteiger partial charge in [0.05, 0.1) is 0 Å². The molecule has 0 aromatic heterocycles. The van der Waals surface area contributed by atoms with Crippen molar-refractivity contribution in [2.45, 2.75) is 52.4 Å². The molecule has 0 radical (unpaired) electrons. The molecule has 4 heteroatoms. The lowest BCUT2D eigenvalue weighted by Crippen LogP contribution is -2.32. The van der Waals surface area contributed by atoms with Gasteiger partial charge in [-0.2, -0.15) is 0 Å². The van der Waals surface area contributed by atoms with Gasteiger partial charge in [0.2, 0.25) is 0 Å². The molecule has 0 saturated carbocycles. The summed E-state index contributed by atoms with van der Waals surface area (Å²) in [6, 6.07) is 8.24. The van der Waals surface area contributed by atoms with Gasteiger partial charge >= 0.3 is 7.12 Å².